The molecule has 5 atom stereocenters. The molecule has 0 amide bonds. The summed E-state index contributed by atoms with van der Waals surface area (Å²) < 4.78 is 16.0. The van der Waals surface area contributed by atoms with Crippen LogP contribution < -0.4 is 0 Å². The molecule has 7 nitrogen and oxygen atoms in total. The number of rotatable bonds is 5. The summed E-state index contributed by atoms with van der Waals surface area (Å²) in [6.45, 7) is 9.91. The molecule has 2 aliphatic carbocycles. The van der Waals surface area contributed by atoms with Crippen LogP contribution in [0.2, 0.25) is 0 Å². The van der Waals surface area contributed by atoms with E-state index in [0.29, 0.717) is 18.5 Å². The van der Waals surface area contributed by atoms with Crippen molar-refractivity contribution in [2.75, 3.05) is 14.2 Å². The zero-order valence-corrected chi connectivity index (χ0v) is 21.2. The van der Waals surface area contributed by atoms with Crippen LogP contribution in [-0.4, -0.2) is 43.2 Å². The van der Waals surface area contributed by atoms with E-state index in [4.69, 9.17) is 14.2 Å². The molecule has 2 fully saturated rings. The van der Waals surface area contributed by atoms with E-state index < -0.39 is 23.5 Å². The maximum atomic E-state index is 13.2. The van der Waals surface area contributed by atoms with Crippen molar-refractivity contribution in [3.05, 3.63) is 47.7 Å². The van der Waals surface area contributed by atoms with Crippen LogP contribution in [-0.2, 0) is 30.2 Å². The Hall–Kier alpha value is -3.09. The molecule has 2 aromatic rings. The summed E-state index contributed by atoms with van der Waals surface area (Å²) in [6.07, 6.45) is 2.88. The maximum Gasteiger partial charge on any atom is 0.354 e. The van der Waals surface area contributed by atoms with Crippen LogP contribution in [0.1, 0.15) is 62.5 Å². The third-order valence-corrected chi connectivity index (χ3v) is 8.72. The highest BCUT2D eigenvalue weighted by Crippen LogP contribution is 2.62. The van der Waals surface area contributed by atoms with Gasteiger partial charge < -0.3 is 19.2 Å². The quantitative estimate of drug-likeness (QED) is 0.367. The molecule has 188 valence electrons. The summed E-state index contributed by atoms with van der Waals surface area (Å²) in [5.74, 6) is -1.22. The highest BCUT2D eigenvalue weighted by atomic mass is 16.6. The van der Waals surface area contributed by atoms with Gasteiger partial charge >= 0.3 is 17.9 Å². The van der Waals surface area contributed by atoms with Crippen molar-refractivity contribution in [1.82, 2.24) is 4.98 Å². The Kier molecular flexibility index (Phi) is 6.56. The Labute approximate surface area is 206 Å². The van der Waals surface area contributed by atoms with Gasteiger partial charge in [-0.1, -0.05) is 37.3 Å². The van der Waals surface area contributed by atoms with Gasteiger partial charge in [0, 0.05) is 17.8 Å². The number of para-hydroxylation sites is 1. The first kappa shape index (κ1) is 25.0. The van der Waals surface area contributed by atoms with E-state index in [9.17, 15) is 14.4 Å². The molecule has 0 radical (unpaired) electrons. The molecule has 1 aromatic carbocycles. The van der Waals surface area contributed by atoms with Gasteiger partial charge in [0.2, 0.25) is 0 Å². The summed E-state index contributed by atoms with van der Waals surface area (Å²) in [5.41, 5.74) is 2.07. The molecule has 0 bridgehead atoms. The molecule has 1 heterocycles. The number of fused-ring (bicyclic) bond motifs is 2. The van der Waals surface area contributed by atoms with E-state index in [0.717, 1.165) is 41.3 Å². The molecule has 0 unspecified atom stereocenters. The van der Waals surface area contributed by atoms with Crippen LogP contribution in [0.3, 0.4) is 0 Å². The highest BCUT2D eigenvalue weighted by molar-refractivity contribution is 5.98. The Morgan fingerprint density at radius 3 is 2.49 bits per heavy atom. The normalized spacial score (nSPS) is 30.4. The maximum absolute atomic E-state index is 13.2. The van der Waals surface area contributed by atoms with Gasteiger partial charge in [0.25, 0.3) is 0 Å². The number of hydrogen-bond acceptors (Lipinski definition) is 6. The standard InChI is InChI=1S/C28H35NO6/c1-16-11-12-22-27(3,14-13-23(35-17(2)30)28(22,4)26(32)34-6)20(16)15-19-18-9-7-8-10-21(18)29-24(19)25(31)33-5/h7-10,20,22-23,29H,1,11-15H2,2-6H3/t20-,22+,23-,27+,28-/m0/s1. The lowest BCUT2D eigenvalue weighted by Gasteiger charge is -2.59. The number of aromatic amines is 1. The molecule has 1 aromatic heterocycles. The lowest BCUT2D eigenvalue weighted by molar-refractivity contribution is -0.196. The minimum atomic E-state index is -0.974. The number of ether oxygens (including phenoxy) is 3. The number of hydrogen-bond donors (Lipinski definition) is 1. The molecule has 35 heavy (non-hydrogen) atoms. The fraction of sp³-hybridized carbons (Fsp3) is 0.536. The van der Waals surface area contributed by atoms with Crippen molar-refractivity contribution in [1.29, 1.82) is 0 Å². The first-order chi connectivity index (χ1) is 16.6. The van der Waals surface area contributed by atoms with Crippen LogP contribution in [0.5, 0.6) is 0 Å². The molecule has 0 aliphatic heterocycles. The first-order valence-electron chi connectivity index (χ1n) is 12.2. The zero-order valence-electron chi connectivity index (χ0n) is 21.2. The van der Waals surface area contributed by atoms with E-state index in [1.807, 2.05) is 31.2 Å². The van der Waals surface area contributed by atoms with Gasteiger partial charge in [-0.2, -0.15) is 0 Å². The van der Waals surface area contributed by atoms with Gasteiger partial charge in [-0.15, -0.1) is 0 Å². The average Bonchev–Trinajstić information content (AvgIpc) is 3.20. The number of allylic oxidation sites excluding steroid dienone is 1. The lowest BCUT2D eigenvalue weighted by atomic mass is 9.45. The van der Waals surface area contributed by atoms with Crippen LogP contribution in [0.4, 0.5) is 0 Å². The minimum Gasteiger partial charge on any atom is -0.468 e. The first-order valence-corrected chi connectivity index (χ1v) is 12.2. The van der Waals surface area contributed by atoms with Crippen LogP contribution in [0, 0.1) is 22.7 Å². The Balaban J connectivity index is 1.80. The summed E-state index contributed by atoms with van der Waals surface area (Å²) in [5, 5.41) is 0.982. The average molecular weight is 482 g/mol. The summed E-state index contributed by atoms with van der Waals surface area (Å²) in [7, 11) is 2.77. The van der Waals surface area contributed by atoms with Gasteiger partial charge in [-0.05, 0) is 67.9 Å². The van der Waals surface area contributed by atoms with E-state index in [1.54, 1.807) is 0 Å². The largest absolute Gasteiger partial charge is 0.468 e. The molecule has 4 rings (SSSR count). The number of H-pyrrole nitrogens is 1. The highest BCUT2D eigenvalue weighted by Gasteiger charge is 2.63. The molecule has 0 saturated heterocycles. The van der Waals surface area contributed by atoms with Gasteiger partial charge in [0.15, 0.2) is 0 Å². The monoisotopic (exact) mass is 481 g/mol. The van der Waals surface area contributed by atoms with E-state index in [-0.39, 0.29) is 23.2 Å². The van der Waals surface area contributed by atoms with Crippen molar-refractivity contribution in [2.24, 2.45) is 22.7 Å². The number of carbonyl (C=O) groups excluding carboxylic acids is 3. The topological polar surface area (TPSA) is 94.7 Å². The third-order valence-electron chi connectivity index (χ3n) is 8.72. The summed E-state index contributed by atoms with van der Waals surface area (Å²) >= 11 is 0. The second-order valence-corrected chi connectivity index (χ2v) is 10.4. The van der Waals surface area contributed by atoms with Crippen molar-refractivity contribution in [3.8, 4) is 0 Å². The molecule has 2 saturated carbocycles. The number of methoxy groups -OCH3 is 2. The summed E-state index contributed by atoms with van der Waals surface area (Å²) in [4.78, 5) is 41.1. The molecular weight excluding hydrogens is 446 g/mol. The molecule has 7 heteroatoms. The van der Waals surface area contributed by atoms with Gasteiger partial charge in [0.1, 0.15) is 17.2 Å². The van der Waals surface area contributed by atoms with Crippen LogP contribution in [0.15, 0.2) is 36.4 Å². The van der Waals surface area contributed by atoms with E-state index in [1.165, 1.54) is 21.1 Å². The lowest BCUT2D eigenvalue weighted by Crippen LogP contribution is -2.60. The van der Waals surface area contributed by atoms with Crippen molar-refractivity contribution in [3.63, 3.8) is 0 Å². The molecule has 0 spiro atoms. The zero-order chi connectivity index (χ0) is 25.5. The van der Waals surface area contributed by atoms with Crippen LogP contribution >= 0.6 is 0 Å². The van der Waals surface area contributed by atoms with Crippen LogP contribution in [0.25, 0.3) is 10.9 Å². The predicted molar refractivity (Wildman–Crippen MR) is 132 cm³/mol. The number of carbonyl (C=O) groups is 3. The second kappa shape index (κ2) is 9.17. The number of benzene rings is 1. The van der Waals surface area contributed by atoms with Crippen molar-refractivity contribution >= 4 is 28.8 Å². The van der Waals surface area contributed by atoms with Gasteiger partial charge in [0.05, 0.1) is 14.2 Å². The Morgan fingerprint density at radius 2 is 1.83 bits per heavy atom. The Bertz CT molecular complexity index is 1180. The van der Waals surface area contributed by atoms with Crippen molar-refractivity contribution < 1.29 is 28.6 Å². The van der Waals surface area contributed by atoms with E-state index >= 15 is 0 Å². The van der Waals surface area contributed by atoms with Gasteiger partial charge in [-0.3, -0.25) is 9.59 Å². The molecule has 2 aliphatic rings. The third kappa shape index (κ3) is 3.95. The second-order valence-electron chi connectivity index (χ2n) is 10.4. The number of esters is 3. The smallest absolute Gasteiger partial charge is 0.354 e. The summed E-state index contributed by atoms with van der Waals surface area (Å²) in [6, 6.07) is 7.84. The SMILES string of the molecule is C=C1CC[C@@H]2[C@](C)(CC[C@H](OC(C)=O)[C@@]2(C)C(=O)OC)[C@H]1Cc1c(C(=O)OC)[nH]c2ccccc12. The number of aromatic nitrogens is 1. The van der Waals surface area contributed by atoms with Gasteiger partial charge in [-0.25, -0.2) is 4.79 Å². The number of nitrogens with one attached hydrogen (secondary N) is 1. The fourth-order valence-corrected chi connectivity index (χ4v) is 6.99. The predicted octanol–water partition coefficient (Wildman–Crippen LogP) is 4.99. The van der Waals surface area contributed by atoms with E-state index in [2.05, 4.69) is 18.5 Å². The molecular formula is C28H35NO6. The molecule has 1 N–H and O–H groups in total. The Morgan fingerprint density at radius 1 is 1.11 bits per heavy atom. The fourth-order valence-electron chi connectivity index (χ4n) is 6.99. The van der Waals surface area contributed by atoms with Crippen molar-refractivity contribution in [2.45, 2.75) is 59.0 Å². The minimum absolute atomic E-state index is 0.0196.